The number of nitrogens with zero attached hydrogens (tertiary/aromatic N) is 2. The molecule has 1 aromatic carbocycles. The van der Waals surface area contributed by atoms with Crippen molar-refractivity contribution >= 4 is 5.91 Å². The SMILES string of the molecule is Cc1cc(C)cc(-c2cncc(C(=O)NCCc3ccccn3)c2)c1. The van der Waals surface area contributed by atoms with Gasteiger partial charge in [-0.15, -0.1) is 0 Å². The summed E-state index contributed by atoms with van der Waals surface area (Å²) in [6.45, 7) is 4.68. The van der Waals surface area contributed by atoms with Gasteiger partial charge in [-0.2, -0.15) is 0 Å². The molecule has 0 aliphatic heterocycles. The van der Waals surface area contributed by atoms with E-state index in [0.29, 0.717) is 18.5 Å². The van der Waals surface area contributed by atoms with Gasteiger partial charge in [0.05, 0.1) is 5.56 Å². The summed E-state index contributed by atoms with van der Waals surface area (Å²) in [5, 5.41) is 2.93. The number of aryl methyl sites for hydroxylation is 2. The zero-order valence-electron chi connectivity index (χ0n) is 14.5. The second-order valence-electron chi connectivity index (χ2n) is 6.17. The van der Waals surface area contributed by atoms with Crippen LogP contribution in [0.5, 0.6) is 0 Å². The van der Waals surface area contributed by atoms with Gasteiger partial charge < -0.3 is 5.32 Å². The number of carbonyl (C=O) groups is 1. The van der Waals surface area contributed by atoms with Crippen molar-refractivity contribution < 1.29 is 4.79 Å². The first-order chi connectivity index (χ1) is 12.1. The maximum Gasteiger partial charge on any atom is 0.252 e. The fraction of sp³-hybridized carbons (Fsp3) is 0.190. The largest absolute Gasteiger partial charge is 0.352 e. The van der Waals surface area contributed by atoms with Crippen molar-refractivity contribution in [1.82, 2.24) is 15.3 Å². The third-order valence-corrected chi connectivity index (χ3v) is 3.95. The van der Waals surface area contributed by atoms with Crippen LogP contribution in [0.15, 0.2) is 61.1 Å². The Morgan fingerprint density at radius 2 is 1.80 bits per heavy atom. The lowest BCUT2D eigenvalue weighted by atomic mass is 10.0. The quantitative estimate of drug-likeness (QED) is 0.775. The van der Waals surface area contributed by atoms with E-state index in [9.17, 15) is 4.79 Å². The third-order valence-electron chi connectivity index (χ3n) is 3.95. The van der Waals surface area contributed by atoms with Gasteiger partial charge in [0.1, 0.15) is 0 Å². The van der Waals surface area contributed by atoms with Crippen LogP contribution in [-0.4, -0.2) is 22.4 Å². The lowest BCUT2D eigenvalue weighted by Gasteiger charge is -2.08. The predicted octanol–water partition coefficient (Wildman–Crippen LogP) is 3.73. The van der Waals surface area contributed by atoms with E-state index < -0.39 is 0 Å². The van der Waals surface area contributed by atoms with Crippen LogP contribution in [0.2, 0.25) is 0 Å². The molecule has 0 radical (unpaired) electrons. The molecule has 3 rings (SSSR count). The average molecular weight is 331 g/mol. The van der Waals surface area contributed by atoms with Crippen LogP contribution in [0.25, 0.3) is 11.1 Å². The van der Waals surface area contributed by atoms with Crippen LogP contribution < -0.4 is 5.32 Å². The third kappa shape index (κ3) is 4.51. The fourth-order valence-corrected chi connectivity index (χ4v) is 2.82. The molecule has 0 bridgehead atoms. The summed E-state index contributed by atoms with van der Waals surface area (Å²) in [6, 6.07) is 14.0. The summed E-state index contributed by atoms with van der Waals surface area (Å²) in [6.07, 6.45) is 5.85. The molecule has 0 fully saturated rings. The van der Waals surface area contributed by atoms with Crippen LogP contribution >= 0.6 is 0 Å². The van der Waals surface area contributed by atoms with E-state index in [-0.39, 0.29) is 5.91 Å². The molecule has 0 atom stereocenters. The van der Waals surface area contributed by atoms with Crippen molar-refractivity contribution in [1.29, 1.82) is 0 Å². The molecule has 2 aromatic heterocycles. The van der Waals surface area contributed by atoms with E-state index in [1.165, 1.54) is 11.1 Å². The minimum Gasteiger partial charge on any atom is -0.352 e. The molecule has 4 nitrogen and oxygen atoms in total. The number of amides is 1. The average Bonchev–Trinajstić information content (AvgIpc) is 2.62. The molecule has 1 N–H and O–H groups in total. The van der Waals surface area contributed by atoms with Crippen LogP contribution in [-0.2, 0) is 6.42 Å². The van der Waals surface area contributed by atoms with Crippen molar-refractivity contribution in [2.75, 3.05) is 6.54 Å². The van der Waals surface area contributed by atoms with E-state index in [4.69, 9.17) is 0 Å². The highest BCUT2D eigenvalue weighted by molar-refractivity contribution is 5.95. The summed E-state index contributed by atoms with van der Waals surface area (Å²) in [5.41, 5.74) is 5.94. The molecular formula is C21H21N3O. The van der Waals surface area contributed by atoms with E-state index >= 15 is 0 Å². The zero-order valence-corrected chi connectivity index (χ0v) is 14.5. The van der Waals surface area contributed by atoms with Gasteiger partial charge in [-0.3, -0.25) is 14.8 Å². The maximum absolute atomic E-state index is 12.4. The number of aromatic nitrogens is 2. The van der Waals surface area contributed by atoms with Gasteiger partial charge in [-0.1, -0.05) is 35.4 Å². The van der Waals surface area contributed by atoms with E-state index in [2.05, 4.69) is 47.3 Å². The van der Waals surface area contributed by atoms with E-state index in [1.54, 1.807) is 18.6 Å². The Labute approximate surface area is 148 Å². The standard InChI is InChI=1S/C21H21N3O/c1-15-9-16(2)11-17(10-15)18-12-19(14-22-13-18)21(25)24-8-6-20-5-3-4-7-23-20/h3-5,7,9-14H,6,8H2,1-2H3,(H,24,25). The Kier molecular flexibility index (Phi) is 5.19. The highest BCUT2D eigenvalue weighted by Gasteiger charge is 2.08. The van der Waals surface area contributed by atoms with Gasteiger partial charge in [0.2, 0.25) is 0 Å². The molecule has 1 amide bonds. The van der Waals surface area contributed by atoms with Crippen LogP contribution in [0.1, 0.15) is 27.2 Å². The molecule has 4 heteroatoms. The second kappa shape index (κ2) is 7.71. The van der Waals surface area contributed by atoms with Gasteiger partial charge in [0, 0.05) is 42.8 Å². The Hall–Kier alpha value is -3.01. The molecule has 0 unspecified atom stereocenters. The Morgan fingerprint density at radius 1 is 1.00 bits per heavy atom. The summed E-state index contributed by atoms with van der Waals surface area (Å²) >= 11 is 0. The number of pyridine rings is 2. The first kappa shape index (κ1) is 16.8. The molecule has 25 heavy (non-hydrogen) atoms. The molecule has 126 valence electrons. The number of hydrogen-bond acceptors (Lipinski definition) is 3. The summed E-state index contributed by atoms with van der Waals surface area (Å²) in [4.78, 5) is 20.9. The number of rotatable bonds is 5. The van der Waals surface area contributed by atoms with Crippen LogP contribution in [0, 0.1) is 13.8 Å². The molecule has 2 heterocycles. The highest BCUT2D eigenvalue weighted by Crippen LogP contribution is 2.22. The van der Waals surface area contributed by atoms with Crippen molar-refractivity contribution in [2.24, 2.45) is 0 Å². The number of benzene rings is 1. The number of carbonyl (C=O) groups excluding carboxylic acids is 1. The Balaban J connectivity index is 1.69. The number of hydrogen-bond donors (Lipinski definition) is 1. The fourth-order valence-electron chi connectivity index (χ4n) is 2.82. The van der Waals surface area contributed by atoms with Gasteiger partial charge in [0.15, 0.2) is 0 Å². The van der Waals surface area contributed by atoms with Crippen molar-refractivity contribution in [3.05, 3.63) is 83.4 Å². The highest BCUT2D eigenvalue weighted by atomic mass is 16.1. The van der Waals surface area contributed by atoms with Gasteiger partial charge >= 0.3 is 0 Å². The zero-order chi connectivity index (χ0) is 17.6. The summed E-state index contributed by atoms with van der Waals surface area (Å²) in [5.74, 6) is -0.116. The normalized spacial score (nSPS) is 10.5. The van der Waals surface area contributed by atoms with Crippen LogP contribution in [0.3, 0.4) is 0 Å². The first-order valence-electron chi connectivity index (χ1n) is 8.33. The van der Waals surface area contributed by atoms with Gasteiger partial charge in [0.25, 0.3) is 5.91 Å². The van der Waals surface area contributed by atoms with Crippen LogP contribution in [0.4, 0.5) is 0 Å². The lowest BCUT2D eigenvalue weighted by molar-refractivity contribution is 0.0953. The van der Waals surface area contributed by atoms with Crippen molar-refractivity contribution in [3.63, 3.8) is 0 Å². The summed E-state index contributed by atoms with van der Waals surface area (Å²) in [7, 11) is 0. The second-order valence-corrected chi connectivity index (χ2v) is 6.17. The molecule has 0 saturated heterocycles. The minimum atomic E-state index is -0.116. The van der Waals surface area contributed by atoms with Gasteiger partial charge in [-0.25, -0.2) is 0 Å². The van der Waals surface area contributed by atoms with Crippen molar-refractivity contribution in [2.45, 2.75) is 20.3 Å². The molecule has 0 saturated carbocycles. The lowest BCUT2D eigenvalue weighted by Crippen LogP contribution is -2.26. The molecular weight excluding hydrogens is 310 g/mol. The van der Waals surface area contributed by atoms with E-state index in [0.717, 1.165) is 16.8 Å². The van der Waals surface area contributed by atoms with Crippen molar-refractivity contribution in [3.8, 4) is 11.1 Å². The topological polar surface area (TPSA) is 54.9 Å². The smallest absolute Gasteiger partial charge is 0.252 e. The minimum absolute atomic E-state index is 0.116. The van der Waals surface area contributed by atoms with E-state index in [1.807, 2.05) is 24.3 Å². The molecule has 3 aromatic rings. The molecule has 0 aliphatic rings. The molecule has 0 spiro atoms. The Morgan fingerprint density at radius 3 is 2.52 bits per heavy atom. The number of nitrogens with one attached hydrogen (secondary N) is 1. The predicted molar refractivity (Wildman–Crippen MR) is 99.4 cm³/mol. The maximum atomic E-state index is 12.4. The first-order valence-corrected chi connectivity index (χ1v) is 8.33. The molecule has 0 aliphatic carbocycles. The van der Waals surface area contributed by atoms with Gasteiger partial charge in [-0.05, 0) is 37.6 Å². The Bertz CT molecular complexity index is 855. The monoisotopic (exact) mass is 331 g/mol. The summed E-state index contributed by atoms with van der Waals surface area (Å²) < 4.78 is 0.